The molecule has 1 fully saturated rings. The third-order valence-electron chi connectivity index (χ3n) is 3.67. The molecule has 1 aromatic carbocycles. The van der Waals surface area contributed by atoms with Crippen LogP contribution >= 0.6 is 0 Å². The fourth-order valence-corrected chi connectivity index (χ4v) is 2.55. The molecule has 116 valence electrons. The molecule has 1 saturated heterocycles. The standard InChI is InChI=1S/C14H17F2NO4/c1-20-11-5-12(21-2)9(13(15)16)4-8(11)10-3-7(6-17-10)14(18)19/h4-5,7,10,13,17H,3,6H2,1-2H3,(H,18,19). The van der Waals surface area contributed by atoms with Crippen molar-refractivity contribution >= 4 is 5.97 Å². The second-order valence-electron chi connectivity index (χ2n) is 4.87. The number of alkyl halides is 2. The van der Waals surface area contributed by atoms with E-state index in [0.717, 1.165) is 0 Å². The molecule has 0 aromatic heterocycles. The van der Waals surface area contributed by atoms with E-state index in [2.05, 4.69) is 5.32 Å². The van der Waals surface area contributed by atoms with Crippen LogP contribution in [0.5, 0.6) is 11.5 Å². The maximum absolute atomic E-state index is 13.1. The van der Waals surface area contributed by atoms with Gasteiger partial charge in [-0.25, -0.2) is 8.78 Å². The van der Waals surface area contributed by atoms with Gasteiger partial charge in [-0.15, -0.1) is 0 Å². The molecule has 0 radical (unpaired) electrons. The van der Waals surface area contributed by atoms with Gasteiger partial charge in [-0.05, 0) is 12.5 Å². The van der Waals surface area contributed by atoms with Gasteiger partial charge in [0.2, 0.25) is 0 Å². The molecule has 5 nitrogen and oxygen atoms in total. The molecule has 0 bridgehead atoms. The minimum atomic E-state index is -2.68. The van der Waals surface area contributed by atoms with E-state index in [9.17, 15) is 13.6 Å². The van der Waals surface area contributed by atoms with E-state index in [1.807, 2.05) is 0 Å². The molecule has 2 rings (SSSR count). The first-order valence-electron chi connectivity index (χ1n) is 6.48. The first kappa shape index (κ1) is 15.5. The van der Waals surface area contributed by atoms with Crippen LogP contribution in [0.1, 0.15) is 30.0 Å². The normalized spacial score (nSPS) is 21.6. The Morgan fingerprint density at radius 1 is 1.33 bits per heavy atom. The van der Waals surface area contributed by atoms with Gasteiger partial charge in [0.05, 0.1) is 25.7 Å². The zero-order chi connectivity index (χ0) is 15.6. The molecule has 0 spiro atoms. The Morgan fingerprint density at radius 2 is 2.00 bits per heavy atom. The van der Waals surface area contributed by atoms with Crippen LogP contribution in [-0.4, -0.2) is 31.8 Å². The van der Waals surface area contributed by atoms with E-state index in [-0.39, 0.29) is 17.4 Å². The number of nitrogens with one attached hydrogen (secondary N) is 1. The summed E-state index contributed by atoms with van der Waals surface area (Å²) in [5.41, 5.74) is 0.297. The average molecular weight is 301 g/mol. The van der Waals surface area contributed by atoms with Crippen LogP contribution in [0.15, 0.2) is 12.1 Å². The molecule has 1 aliphatic rings. The van der Waals surface area contributed by atoms with Crippen molar-refractivity contribution in [2.45, 2.75) is 18.9 Å². The first-order chi connectivity index (χ1) is 9.97. The fraction of sp³-hybridized carbons (Fsp3) is 0.500. The number of carbonyl (C=O) groups is 1. The minimum Gasteiger partial charge on any atom is -0.496 e. The topological polar surface area (TPSA) is 67.8 Å². The number of carboxylic acids is 1. The number of hydrogen-bond donors (Lipinski definition) is 2. The summed E-state index contributed by atoms with van der Waals surface area (Å²) in [5.74, 6) is -0.971. The molecule has 2 atom stereocenters. The van der Waals surface area contributed by atoms with Crippen LogP contribution in [0, 0.1) is 5.92 Å². The van der Waals surface area contributed by atoms with Crippen molar-refractivity contribution in [3.8, 4) is 11.5 Å². The molecule has 0 saturated carbocycles. The quantitative estimate of drug-likeness (QED) is 0.874. The van der Waals surface area contributed by atoms with Crippen molar-refractivity contribution < 1.29 is 28.2 Å². The van der Waals surface area contributed by atoms with Crippen LogP contribution < -0.4 is 14.8 Å². The smallest absolute Gasteiger partial charge is 0.307 e. The van der Waals surface area contributed by atoms with Crippen LogP contribution in [-0.2, 0) is 4.79 Å². The van der Waals surface area contributed by atoms with E-state index >= 15 is 0 Å². The molecule has 1 aliphatic heterocycles. The number of benzene rings is 1. The summed E-state index contributed by atoms with van der Waals surface area (Å²) in [7, 11) is 2.75. The Hall–Kier alpha value is -1.89. The lowest BCUT2D eigenvalue weighted by Crippen LogP contribution is -2.17. The van der Waals surface area contributed by atoms with Crippen molar-refractivity contribution in [2.75, 3.05) is 20.8 Å². The van der Waals surface area contributed by atoms with E-state index in [0.29, 0.717) is 24.3 Å². The van der Waals surface area contributed by atoms with Crippen LogP contribution in [0.25, 0.3) is 0 Å². The third-order valence-corrected chi connectivity index (χ3v) is 3.67. The van der Waals surface area contributed by atoms with Crippen LogP contribution in [0.4, 0.5) is 8.78 Å². The van der Waals surface area contributed by atoms with Gasteiger partial charge in [-0.1, -0.05) is 0 Å². The Balaban J connectivity index is 2.38. The molecule has 2 N–H and O–H groups in total. The van der Waals surface area contributed by atoms with Crippen molar-refractivity contribution in [2.24, 2.45) is 5.92 Å². The number of rotatable bonds is 5. The highest BCUT2D eigenvalue weighted by Crippen LogP contribution is 2.40. The summed E-state index contributed by atoms with van der Waals surface area (Å²) >= 11 is 0. The van der Waals surface area contributed by atoms with Gasteiger partial charge in [0, 0.05) is 24.2 Å². The lowest BCUT2D eigenvalue weighted by atomic mass is 9.97. The fourth-order valence-electron chi connectivity index (χ4n) is 2.55. The molecule has 1 aromatic rings. The summed E-state index contributed by atoms with van der Waals surface area (Å²) < 4.78 is 36.3. The highest BCUT2D eigenvalue weighted by molar-refractivity contribution is 5.71. The second-order valence-corrected chi connectivity index (χ2v) is 4.87. The van der Waals surface area contributed by atoms with Gasteiger partial charge in [0.1, 0.15) is 11.5 Å². The molecular formula is C14H17F2NO4. The van der Waals surface area contributed by atoms with Gasteiger partial charge < -0.3 is 19.9 Å². The van der Waals surface area contributed by atoms with Gasteiger partial charge in [-0.2, -0.15) is 0 Å². The number of ether oxygens (including phenoxy) is 2. The van der Waals surface area contributed by atoms with Gasteiger partial charge in [-0.3, -0.25) is 4.79 Å². The first-order valence-corrected chi connectivity index (χ1v) is 6.48. The Labute approximate surface area is 120 Å². The molecule has 2 unspecified atom stereocenters. The number of hydrogen-bond acceptors (Lipinski definition) is 4. The zero-order valence-electron chi connectivity index (χ0n) is 11.7. The number of carboxylic acid groups (broad SMARTS) is 1. The third kappa shape index (κ3) is 3.07. The Morgan fingerprint density at radius 3 is 2.48 bits per heavy atom. The summed E-state index contributed by atoms with van der Waals surface area (Å²) in [5, 5.41) is 12.1. The molecule has 21 heavy (non-hydrogen) atoms. The number of methoxy groups -OCH3 is 2. The van der Waals surface area contributed by atoms with Crippen LogP contribution in [0.3, 0.4) is 0 Å². The molecule has 1 heterocycles. The highest BCUT2D eigenvalue weighted by Gasteiger charge is 2.32. The maximum atomic E-state index is 13.1. The monoisotopic (exact) mass is 301 g/mol. The van der Waals surface area contributed by atoms with Crippen molar-refractivity contribution in [1.82, 2.24) is 5.32 Å². The van der Waals surface area contributed by atoms with Gasteiger partial charge >= 0.3 is 5.97 Å². The van der Waals surface area contributed by atoms with Crippen molar-refractivity contribution in [3.05, 3.63) is 23.3 Å². The van der Waals surface area contributed by atoms with Gasteiger partial charge in [0.25, 0.3) is 6.43 Å². The Kier molecular flexibility index (Phi) is 4.62. The average Bonchev–Trinajstić information content (AvgIpc) is 2.95. The lowest BCUT2D eigenvalue weighted by molar-refractivity contribution is -0.141. The lowest BCUT2D eigenvalue weighted by Gasteiger charge is -2.18. The molecule has 7 heteroatoms. The SMILES string of the molecule is COc1cc(OC)c(C2CC(C(=O)O)CN2)cc1C(F)F. The van der Waals surface area contributed by atoms with E-state index in [4.69, 9.17) is 14.6 Å². The molecule has 0 aliphatic carbocycles. The van der Waals surface area contributed by atoms with E-state index in [1.54, 1.807) is 0 Å². The predicted molar refractivity (Wildman–Crippen MR) is 71.0 cm³/mol. The van der Waals surface area contributed by atoms with Gasteiger partial charge in [0.15, 0.2) is 0 Å². The minimum absolute atomic E-state index is 0.0541. The second kappa shape index (κ2) is 6.26. The summed E-state index contributed by atoms with van der Waals surface area (Å²) in [6.45, 7) is 0.305. The highest BCUT2D eigenvalue weighted by atomic mass is 19.3. The summed E-state index contributed by atoms with van der Waals surface area (Å²) in [4.78, 5) is 11.0. The predicted octanol–water partition coefficient (Wildman–Crippen LogP) is 2.38. The molecular weight excluding hydrogens is 284 g/mol. The summed E-state index contributed by atoms with van der Waals surface area (Å²) in [6, 6.07) is 2.40. The van der Waals surface area contributed by atoms with Crippen LogP contribution in [0.2, 0.25) is 0 Å². The maximum Gasteiger partial charge on any atom is 0.307 e. The zero-order valence-corrected chi connectivity index (χ0v) is 11.7. The van der Waals surface area contributed by atoms with E-state index in [1.165, 1.54) is 26.4 Å². The number of aliphatic carboxylic acids is 1. The van der Waals surface area contributed by atoms with Crippen molar-refractivity contribution in [1.29, 1.82) is 0 Å². The number of halogens is 2. The molecule has 0 amide bonds. The van der Waals surface area contributed by atoms with E-state index < -0.39 is 18.3 Å². The van der Waals surface area contributed by atoms with Crippen molar-refractivity contribution in [3.63, 3.8) is 0 Å². The summed E-state index contributed by atoms with van der Waals surface area (Å²) in [6.07, 6.45) is -2.35. The Bertz CT molecular complexity index is 536. The largest absolute Gasteiger partial charge is 0.496 e.